The molecule has 2 aromatic rings. The van der Waals surface area contributed by atoms with Crippen LogP contribution in [0.15, 0.2) is 42.5 Å². The maximum absolute atomic E-state index is 13.1. The summed E-state index contributed by atoms with van der Waals surface area (Å²) in [6.45, 7) is 0.692. The van der Waals surface area contributed by atoms with E-state index < -0.39 is 23.5 Å². The number of hydrogen-bond donors (Lipinski definition) is 1. The first kappa shape index (κ1) is 24.3. The van der Waals surface area contributed by atoms with Crippen molar-refractivity contribution in [3.05, 3.63) is 59.7 Å². The molecule has 2 N–H and O–H groups in total. The van der Waals surface area contributed by atoms with E-state index in [1.54, 1.807) is 17.0 Å². The summed E-state index contributed by atoms with van der Waals surface area (Å²) in [7, 11) is 0. The molecule has 0 radical (unpaired) electrons. The predicted octanol–water partition coefficient (Wildman–Crippen LogP) is 4.96. The summed E-state index contributed by atoms with van der Waals surface area (Å²) in [4.78, 5) is 26.2. The highest BCUT2D eigenvalue weighted by atomic mass is 19.4. The lowest BCUT2D eigenvalue weighted by atomic mass is 9.87. The molecule has 2 amide bonds. The van der Waals surface area contributed by atoms with Crippen LogP contribution in [0, 0.1) is 11.7 Å². The van der Waals surface area contributed by atoms with Crippen LogP contribution in [-0.4, -0.2) is 23.8 Å². The first-order valence-corrected chi connectivity index (χ1v) is 10.0. The van der Waals surface area contributed by atoms with Gasteiger partial charge in [0.15, 0.2) is 0 Å². The zero-order valence-electron chi connectivity index (χ0n) is 16.9. The zero-order valence-corrected chi connectivity index (χ0v) is 16.9. The monoisotopic (exact) mass is 439 g/mol. The minimum absolute atomic E-state index is 0.294. The number of pyridine rings is 1. The summed E-state index contributed by atoms with van der Waals surface area (Å²) >= 11 is 0. The summed E-state index contributed by atoms with van der Waals surface area (Å²) < 4.78 is 49.2. The maximum atomic E-state index is 13.1. The van der Waals surface area contributed by atoms with E-state index in [0.717, 1.165) is 36.9 Å². The molecule has 9 heteroatoms. The van der Waals surface area contributed by atoms with Crippen LogP contribution in [0.5, 0.6) is 0 Å². The molecule has 1 fully saturated rings. The van der Waals surface area contributed by atoms with E-state index in [9.17, 15) is 27.2 Å². The van der Waals surface area contributed by atoms with Gasteiger partial charge in [-0.3, -0.25) is 9.59 Å². The van der Waals surface area contributed by atoms with Crippen molar-refractivity contribution in [2.45, 2.75) is 44.7 Å². The minimum atomic E-state index is -4.55. The van der Waals surface area contributed by atoms with Crippen LogP contribution in [0.3, 0.4) is 0 Å². The number of halogens is 4. The molecule has 0 spiro atoms. The molecule has 0 aliphatic heterocycles. The van der Waals surface area contributed by atoms with Crippen molar-refractivity contribution in [2.24, 2.45) is 11.7 Å². The van der Waals surface area contributed by atoms with Gasteiger partial charge in [-0.15, -0.1) is 0 Å². The van der Waals surface area contributed by atoms with Gasteiger partial charge < -0.3 is 10.6 Å². The van der Waals surface area contributed by atoms with Crippen LogP contribution in [0.25, 0.3) is 0 Å². The van der Waals surface area contributed by atoms with E-state index in [1.807, 2.05) is 0 Å². The van der Waals surface area contributed by atoms with Crippen molar-refractivity contribution < 1.29 is 27.2 Å². The number of alkyl halides is 3. The lowest BCUT2D eigenvalue weighted by Gasteiger charge is -2.24. The largest absolute Gasteiger partial charge is 0.433 e. The second-order valence-electron chi connectivity index (χ2n) is 7.34. The lowest BCUT2D eigenvalue weighted by molar-refractivity contribution is -0.141. The first-order valence-electron chi connectivity index (χ1n) is 10.0. The van der Waals surface area contributed by atoms with Crippen molar-refractivity contribution in [2.75, 3.05) is 11.4 Å². The molecule has 0 saturated heterocycles. The van der Waals surface area contributed by atoms with Crippen molar-refractivity contribution in [1.82, 2.24) is 4.98 Å². The molecule has 1 aromatic carbocycles. The van der Waals surface area contributed by atoms with Crippen LogP contribution in [0.2, 0.25) is 0 Å². The van der Waals surface area contributed by atoms with Crippen LogP contribution >= 0.6 is 0 Å². The fourth-order valence-corrected chi connectivity index (χ4v) is 3.42. The standard InChI is InChI=1S/C15H20FNO.C7H5F3N2O/c16-14-7-4-8-15(11-14)17(12-18)10-9-13-5-2-1-3-6-13;8-7(9,10)5-3-1-2-4(12-5)6(11)13/h4,7-8,11-13H,1-3,5-6,9-10H2;1-3H,(H2,11,13). The number of amides is 2. The van der Waals surface area contributed by atoms with E-state index in [2.05, 4.69) is 4.98 Å². The molecule has 5 nitrogen and oxygen atoms in total. The van der Waals surface area contributed by atoms with Crippen LogP contribution < -0.4 is 10.6 Å². The van der Waals surface area contributed by atoms with Crippen LogP contribution in [0.1, 0.15) is 54.7 Å². The number of aromatic nitrogens is 1. The summed E-state index contributed by atoms with van der Waals surface area (Å²) in [5, 5.41) is 0. The smallest absolute Gasteiger partial charge is 0.364 e. The van der Waals surface area contributed by atoms with E-state index in [-0.39, 0.29) is 5.82 Å². The number of benzene rings is 1. The van der Waals surface area contributed by atoms with Gasteiger partial charge >= 0.3 is 6.18 Å². The first-order chi connectivity index (χ1) is 14.7. The molecular weight excluding hydrogens is 414 g/mol. The van der Waals surface area contributed by atoms with Gasteiger partial charge in [-0.05, 0) is 42.7 Å². The summed E-state index contributed by atoms with van der Waals surface area (Å²) in [5.41, 5.74) is 3.90. The molecule has 168 valence electrons. The highest BCUT2D eigenvalue weighted by molar-refractivity contribution is 5.90. The fraction of sp³-hybridized carbons (Fsp3) is 0.409. The molecule has 1 saturated carbocycles. The van der Waals surface area contributed by atoms with Crippen molar-refractivity contribution >= 4 is 18.0 Å². The molecule has 1 aliphatic rings. The van der Waals surface area contributed by atoms with Gasteiger partial charge in [0.1, 0.15) is 17.2 Å². The Bertz CT molecular complexity index is 868. The molecule has 1 aliphatic carbocycles. The van der Waals surface area contributed by atoms with Gasteiger partial charge in [0, 0.05) is 12.2 Å². The number of carbonyl (C=O) groups is 2. The number of nitrogens with zero attached hydrogens (tertiary/aromatic N) is 2. The van der Waals surface area contributed by atoms with Crippen LogP contribution in [-0.2, 0) is 11.0 Å². The van der Waals surface area contributed by atoms with Gasteiger partial charge in [0.2, 0.25) is 6.41 Å². The molecule has 0 atom stereocenters. The molecular formula is C22H25F4N3O2. The molecule has 1 aromatic heterocycles. The van der Waals surface area contributed by atoms with E-state index >= 15 is 0 Å². The Morgan fingerprint density at radius 3 is 2.39 bits per heavy atom. The third-order valence-electron chi connectivity index (χ3n) is 5.06. The number of hydrogen-bond acceptors (Lipinski definition) is 3. The Hall–Kier alpha value is -2.97. The van der Waals surface area contributed by atoms with Crippen molar-refractivity contribution in [3.8, 4) is 0 Å². The average molecular weight is 439 g/mol. The Labute approximate surface area is 178 Å². The Balaban J connectivity index is 0.000000233. The number of carbonyl (C=O) groups excluding carboxylic acids is 2. The van der Waals surface area contributed by atoms with E-state index in [1.165, 1.54) is 44.2 Å². The van der Waals surface area contributed by atoms with Gasteiger partial charge in [-0.1, -0.05) is 44.2 Å². The Kier molecular flexibility index (Phi) is 8.96. The lowest BCUT2D eigenvalue weighted by Crippen LogP contribution is -2.25. The molecule has 0 bridgehead atoms. The van der Waals surface area contributed by atoms with Gasteiger partial charge in [-0.2, -0.15) is 13.2 Å². The van der Waals surface area contributed by atoms with Gasteiger partial charge in [0.25, 0.3) is 5.91 Å². The number of nitrogens with two attached hydrogens (primary N) is 1. The van der Waals surface area contributed by atoms with Gasteiger partial charge in [-0.25, -0.2) is 9.37 Å². The third kappa shape index (κ3) is 7.99. The maximum Gasteiger partial charge on any atom is 0.433 e. The molecule has 31 heavy (non-hydrogen) atoms. The molecule has 3 rings (SSSR count). The second kappa shape index (κ2) is 11.4. The molecule has 1 heterocycles. The number of rotatable bonds is 6. The SMILES string of the molecule is NC(=O)c1cccc(C(F)(F)F)n1.O=CN(CCC1CCCCC1)c1cccc(F)c1. The van der Waals surface area contributed by atoms with E-state index in [4.69, 9.17) is 5.73 Å². The number of primary amides is 1. The normalized spacial score (nSPS) is 14.3. The average Bonchev–Trinajstić information content (AvgIpc) is 2.75. The minimum Gasteiger partial charge on any atom is -0.364 e. The van der Waals surface area contributed by atoms with Crippen LogP contribution in [0.4, 0.5) is 23.2 Å². The quantitative estimate of drug-likeness (QED) is 0.511. The predicted molar refractivity (Wildman–Crippen MR) is 109 cm³/mol. The summed E-state index contributed by atoms with van der Waals surface area (Å²) in [5.74, 6) is -0.544. The second-order valence-corrected chi connectivity index (χ2v) is 7.34. The van der Waals surface area contributed by atoms with Crippen molar-refractivity contribution in [1.29, 1.82) is 0 Å². The highest BCUT2D eigenvalue weighted by Crippen LogP contribution is 2.28. The Morgan fingerprint density at radius 1 is 1.13 bits per heavy atom. The van der Waals surface area contributed by atoms with E-state index in [0.29, 0.717) is 12.2 Å². The third-order valence-corrected chi connectivity index (χ3v) is 5.06. The highest BCUT2D eigenvalue weighted by Gasteiger charge is 2.32. The summed E-state index contributed by atoms with van der Waals surface area (Å²) in [6.07, 6.45) is 3.79. The number of anilines is 1. The summed E-state index contributed by atoms with van der Waals surface area (Å²) in [6, 6.07) is 9.20. The molecule has 0 unspecified atom stereocenters. The van der Waals surface area contributed by atoms with Gasteiger partial charge in [0.05, 0.1) is 0 Å². The fourth-order valence-electron chi connectivity index (χ4n) is 3.42. The van der Waals surface area contributed by atoms with Crippen molar-refractivity contribution in [3.63, 3.8) is 0 Å². The topological polar surface area (TPSA) is 76.3 Å². The Morgan fingerprint density at radius 2 is 1.81 bits per heavy atom. The zero-order chi connectivity index (χ0) is 22.9.